The molecular weight excluding hydrogens is 937 g/mol. The number of aliphatic hydroxyl groups excluding tert-OH is 3. The van der Waals surface area contributed by atoms with Gasteiger partial charge in [0.2, 0.25) is 0 Å². The first-order valence-electron chi connectivity index (χ1n) is 25.6. The summed E-state index contributed by atoms with van der Waals surface area (Å²) >= 11 is 0. The quantitative estimate of drug-likeness (QED) is 0.0911. The van der Waals surface area contributed by atoms with Crippen molar-refractivity contribution in [3.63, 3.8) is 0 Å². The predicted molar refractivity (Wildman–Crippen MR) is 265 cm³/mol. The molecule has 2 aromatic rings. The lowest BCUT2D eigenvalue weighted by Gasteiger charge is -2.49. The molecule has 72 heavy (non-hydrogen) atoms. The molecule has 3 fully saturated rings. The summed E-state index contributed by atoms with van der Waals surface area (Å²) in [5.74, 6) is -2.24. The molecule has 21 heteroatoms. The number of aromatic nitrogens is 3. The van der Waals surface area contributed by atoms with Gasteiger partial charge in [0.05, 0.1) is 58.8 Å². The summed E-state index contributed by atoms with van der Waals surface area (Å²) < 4.78 is 45.8. The average Bonchev–Trinajstić information content (AvgIpc) is 3.77. The Morgan fingerprint density at radius 2 is 1.67 bits per heavy atom. The van der Waals surface area contributed by atoms with Crippen LogP contribution >= 0.6 is 0 Å². The van der Waals surface area contributed by atoms with Crippen LogP contribution in [0.1, 0.15) is 108 Å². The van der Waals surface area contributed by atoms with E-state index in [-0.39, 0.29) is 42.9 Å². The van der Waals surface area contributed by atoms with Crippen molar-refractivity contribution in [2.45, 2.75) is 205 Å². The van der Waals surface area contributed by atoms with E-state index in [0.29, 0.717) is 44.8 Å². The van der Waals surface area contributed by atoms with Crippen LogP contribution in [0.3, 0.4) is 0 Å². The van der Waals surface area contributed by atoms with Gasteiger partial charge < -0.3 is 68.5 Å². The Labute approximate surface area is 425 Å². The van der Waals surface area contributed by atoms with Crippen LogP contribution in [0.4, 0.5) is 5.69 Å². The van der Waals surface area contributed by atoms with E-state index in [0.717, 1.165) is 5.69 Å². The first kappa shape index (κ1) is 59.4. The van der Waals surface area contributed by atoms with Crippen molar-refractivity contribution in [3.8, 4) is 5.75 Å². The normalized spacial score (nSPS) is 39.4. The van der Waals surface area contributed by atoms with E-state index >= 15 is 0 Å². The molecule has 0 bridgehead atoms. The van der Waals surface area contributed by atoms with E-state index in [9.17, 15) is 40.4 Å². The first-order valence-corrected chi connectivity index (χ1v) is 25.6. The third kappa shape index (κ3) is 14.5. The lowest BCUT2D eigenvalue weighted by molar-refractivity contribution is -0.384. The molecule has 410 valence electrons. The molecule has 5 rings (SSSR count). The second-order valence-corrected chi connectivity index (χ2v) is 22.0. The van der Waals surface area contributed by atoms with Crippen LogP contribution in [-0.4, -0.2) is 192 Å². The highest BCUT2D eigenvalue weighted by Gasteiger charge is 2.53. The zero-order chi connectivity index (χ0) is 53.6. The molecule has 21 nitrogen and oxygen atoms in total. The van der Waals surface area contributed by atoms with E-state index in [1.54, 1.807) is 65.3 Å². The highest BCUT2D eigenvalue weighted by molar-refractivity contribution is 5.73. The van der Waals surface area contributed by atoms with E-state index in [4.69, 9.17) is 33.2 Å². The number of carbonyl (C=O) groups is 1. The van der Waals surface area contributed by atoms with Gasteiger partial charge in [-0.25, -0.2) is 0 Å². The Morgan fingerprint density at radius 3 is 2.29 bits per heavy atom. The molecule has 3 aliphatic heterocycles. The Kier molecular flexibility index (Phi) is 20.6. The van der Waals surface area contributed by atoms with Crippen LogP contribution in [0.15, 0.2) is 30.5 Å². The lowest BCUT2D eigenvalue weighted by Crippen LogP contribution is -2.61. The second kappa shape index (κ2) is 24.9. The highest BCUT2D eigenvalue weighted by atomic mass is 16.7. The topological polar surface area (TPSA) is 263 Å². The Morgan fingerprint density at radius 1 is 1.00 bits per heavy atom. The third-order valence-electron chi connectivity index (χ3n) is 15.5. The molecule has 1 aromatic carbocycles. The summed E-state index contributed by atoms with van der Waals surface area (Å²) in [5.41, 5.74) is -3.82. The van der Waals surface area contributed by atoms with Crippen molar-refractivity contribution in [1.29, 1.82) is 0 Å². The number of non-ortho nitro benzene ring substituents is 1. The van der Waals surface area contributed by atoms with Crippen molar-refractivity contribution in [3.05, 3.63) is 46.3 Å². The molecule has 3 aliphatic rings. The van der Waals surface area contributed by atoms with E-state index in [1.165, 1.54) is 26.2 Å². The predicted octanol–water partition coefficient (Wildman–Crippen LogP) is 3.73. The smallest absolute Gasteiger partial charge is 0.311 e. The minimum absolute atomic E-state index is 0.00739. The van der Waals surface area contributed by atoms with Crippen molar-refractivity contribution in [1.82, 2.24) is 24.8 Å². The molecule has 0 saturated carbocycles. The number of nitro benzene ring substituents is 1. The molecule has 0 spiro atoms. The Balaban J connectivity index is 1.38. The van der Waals surface area contributed by atoms with Crippen LogP contribution in [0.5, 0.6) is 5.75 Å². The summed E-state index contributed by atoms with van der Waals surface area (Å²) in [4.78, 5) is 29.0. The Hall–Kier alpha value is -3.45. The number of cyclic esters (lactones) is 1. The Bertz CT molecular complexity index is 2030. The molecule has 0 unspecified atom stereocenters. The van der Waals surface area contributed by atoms with Crippen LogP contribution in [-0.2, 0) is 46.2 Å². The van der Waals surface area contributed by atoms with Crippen molar-refractivity contribution < 1.29 is 68.4 Å². The maximum absolute atomic E-state index is 14.5. The van der Waals surface area contributed by atoms with Gasteiger partial charge in [-0.3, -0.25) is 19.6 Å². The number of hydrogen-bond donors (Lipinski definition) is 5. The van der Waals surface area contributed by atoms with Crippen molar-refractivity contribution >= 4 is 11.7 Å². The lowest BCUT2D eigenvalue weighted by atomic mass is 9.77. The fourth-order valence-corrected chi connectivity index (χ4v) is 10.9. The van der Waals surface area contributed by atoms with Gasteiger partial charge in [-0.1, -0.05) is 32.9 Å². The maximum Gasteiger partial charge on any atom is 0.311 e. The number of rotatable bonds is 16. The number of nitro groups is 1. The van der Waals surface area contributed by atoms with E-state index < -0.39 is 107 Å². The zero-order valence-electron chi connectivity index (χ0n) is 45.0. The summed E-state index contributed by atoms with van der Waals surface area (Å²) in [5, 5.41) is 79.4. The standard InChI is InChI=1S/C51H86N6O15/c1-15-40-51(11,63)44(59)34(7)55(13)25-29(2)23-49(9,62)46(32(5)43(33(6)47(61)70-40)71-41-24-50(10,66-14)45(60)35(8)69-41)72-48-42(58)39(22-31(4)68-48)54(12)21-20-36-27-56(53-52-36)26-30(3)28-67-38-18-16-37(17-19-38)57(64)65/h16-19,27,29-35,39-46,48,58-60,62-63H,15,20-26,28H2,1-14H3/t29-,30+,31-,32+,33-,34-,35+,39+,40-,41+,42-,43+,44-,45+,46-,48+,49-,50-,51-/m1/s1. The summed E-state index contributed by atoms with van der Waals surface area (Å²) in [6, 6.07) is 4.92. The van der Waals surface area contributed by atoms with Crippen LogP contribution in [0.2, 0.25) is 0 Å². The first-order chi connectivity index (χ1) is 33.6. The molecule has 0 radical (unpaired) electrons. The SMILES string of the molecule is CC[C@H]1OC(=O)[C@H](C)[C@@H](O[C@H]2C[C@@](C)(OC)[C@@H](O)[C@H](C)O2)[C@H](C)[C@@H](O[C@@H]2O[C@H](C)C[C@H](N(C)CCc3cn(C[C@H](C)COc4ccc([N+](=O)[O-])cc4)nn3)[C@H]2O)[C@](C)(O)C[C@@H](C)CN(C)[C@H](C)[C@@H](O)[C@]1(C)O. The van der Waals surface area contributed by atoms with Crippen LogP contribution in [0.25, 0.3) is 0 Å². The van der Waals surface area contributed by atoms with E-state index in [2.05, 4.69) is 10.3 Å². The van der Waals surface area contributed by atoms with Gasteiger partial charge in [0.1, 0.15) is 35.8 Å². The fourth-order valence-electron chi connectivity index (χ4n) is 10.9. The monoisotopic (exact) mass is 1020 g/mol. The number of esters is 1. The van der Waals surface area contributed by atoms with Gasteiger partial charge in [-0.2, -0.15) is 0 Å². The number of methoxy groups -OCH3 is 1. The van der Waals surface area contributed by atoms with Gasteiger partial charge in [0.25, 0.3) is 5.69 Å². The molecule has 3 saturated heterocycles. The van der Waals surface area contributed by atoms with Gasteiger partial charge >= 0.3 is 5.97 Å². The number of hydrogen-bond acceptors (Lipinski definition) is 19. The number of aliphatic hydroxyl groups is 5. The molecule has 1 aromatic heterocycles. The average molecular weight is 1020 g/mol. The summed E-state index contributed by atoms with van der Waals surface area (Å²) in [6.45, 7) is 21.3. The molecule has 4 heterocycles. The van der Waals surface area contributed by atoms with Gasteiger partial charge in [0, 0.05) is 81.8 Å². The largest absolute Gasteiger partial charge is 0.493 e. The van der Waals surface area contributed by atoms with E-state index in [1.807, 2.05) is 50.9 Å². The highest BCUT2D eigenvalue weighted by Crippen LogP contribution is 2.40. The summed E-state index contributed by atoms with van der Waals surface area (Å²) in [6.07, 6.45) is -6.83. The van der Waals surface area contributed by atoms with Gasteiger partial charge in [-0.05, 0) is 99.9 Å². The number of ether oxygens (including phenoxy) is 7. The van der Waals surface area contributed by atoms with Crippen molar-refractivity contribution in [2.24, 2.45) is 23.7 Å². The van der Waals surface area contributed by atoms with Crippen LogP contribution < -0.4 is 4.74 Å². The maximum atomic E-state index is 14.5. The fraction of sp³-hybridized carbons (Fsp3) is 0.824. The van der Waals surface area contributed by atoms with Gasteiger partial charge in [0.15, 0.2) is 12.6 Å². The van der Waals surface area contributed by atoms with Crippen LogP contribution in [0, 0.1) is 33.8 Å². The summed E-state index contributed by atoms with van der Waals surface area (Å²) in [7, 11) is 5.24. The molecule has 0 aliphatic carbocycles. The number of likely N-dealkylation sites (N-methyl/N-ethyl adjacent to an activating group) is 2. The van der Waals surface area contributed by atoms with Crippen molar-refractivity contribution in [2.75, 3.05) is 40.9 Å². The number of carbonyl (C=O) groups excluding carboxylic acids is 1. The van der Waals surface area contributed by atoms with Gasteiger partial charge in [-0.15, -0.1) is 5.10 Å². The second-order valence-electron chi connectivity index (χ2n) is 22.0. The molecule has 5 N–H and O–H groups in total. The minimum Gasteiger partial charge on any atom is -0.493 e. The zero-order valence-corrected chi connectivity index (χ0v) is 45.0. The number of nitrogens with zero attached hydrogens (tertiary/aromatic N) is 6. The minimum atomic E-state index is -1.85. The third-order valence-corrected chi connectivity index (χ3v) is 15.5. The number of benzene rings is 1. The molecular formula is C51H86N6O15. The molecule has 19 atom stereocenters. The molecule has 0 amide bonds.